The van der Waals surface area contributed by atoms with Gasteiger partial charge in [-0.15, -0.1) is 0 Å². The fourth-order valence-corrected chi connectivity index (χ4v) is 6.91. The van der Waals surface area contributed by atoms with Gasteiger partial charge in [0.15, 0.2) is 5.78 Å². The molecule has 7 heteroatoms. The van der Waals surface area contributed by atoms with Crippen LogP contribution >= 0.6 is 0 Å². The number of nitrogens with two attached hydrogens (primary N) is 1. The van der Waals surface area contributed by atoms with Crippen LogP contribution in [0.15, 0.2) is 42.6 Å². The van der Waals surface area contributed by atoms with Crippen LogP contribution in [0.25, 0.3) is 10.9 Å². The Kier molecular flexibility index (Phi) is 8.45. The summed E-state index contributed by atoms with van der Waals surface area (Å²) in [6.45, 7) is 12.0. The molecule has 214 valence electrons. The summed E-state index contributed by atoms with van der Waals surface area (Å²) in [6.07, 6.45) is 7.61. The van der Waals surface area contributed by atoms with Crippen LogP contribution in [0.5, 0.6) is 0 Å². The summed E-state index contributed by atoms with van der Waals surface area (Å²) in [7, 11) is 0. The van der Waals surface area contributed by atoms with Crippen LogP contribution in [0.3, 0.4) is 0 Å². The zero-order chi connectivity index (χ0) is 28.4. The summed E-state index contributed by atoms with van der Waals surface area (Å²) in [5.74, 6) is -0.409. The predicted molar refractivity (Wildman–Crippen MR) is 161 cm³/mol. The lowest BCUT2D eigenvalue weighted by molar-refractivity contribution is -0.137. The molecule has 4 N–H and O–H groups in total. The number of para-hydroxylation sites is 1. The van der Waals surface area contributed by atoms with Crippen molar-refractivity contribution < 1.29 is 9.59 Å². The number of rotatable bonds is 8. The Morgan fingerprint density at radius 1 is 1.02 bits per heavy atom. The van der Waals surface area contributed by atoms with Crippen LogP contribution in [0.4, 0.5) is 0 Å². The zero-order valence-electron chi connectivity index (χ0n) is 24.6. The van der Waals surface area contributed by atoms with Crippen molar-refractivity contribution in [2.45, 2.75) is 84.0 Å². The number of likely N-dealkylation sites (tertiary alicyclic amines) is 2. The molecular weight excluding hydrogens is 498 g/mol. The van der Waals surface area contributed by atoms with Crippen LogP contribution in [-0.4, -0.2) is 64.7 Å². The molecule has 2 aliphatic rings. The molecule has 5 rings (SSSR count). The minimum absolute atomic E-state index is 0.199. The molecule has 40 heavy (non-hydrogen) atoms. The molecule has 3 aromatic rings. The molecule has 2 atom stereocenters. The Hall–Kier alpha value is -3.00. The van der Waals surface area contributed by atoms with Gasteiger partial charge < -0.3 is 20.9 Å². The normalized spacial score (nSPS) is 19.8. The first-order chi connectivity index (χ1) is 19.2. The van der Waals surface area contributed by atoms with Crippen LogP contribution in [-0.2, 0) is 21.7 Å². The number of amides is 1. The average Bonchev–Trinajstić information content (AvgIpc) is 3.40. The van der Waals surface area contributed by atoms with Crippen molar-refractivity contribution in [3.05, 3.63) is 70.4 Å². The van der Waals surface area contributed by atoms with E-state index in [1.165, 1.54) is 42.9 Å². The number of carbonyl (C=O) groups excluding carboxylic acids is 2. The first-order valence-corrected chi connectivity index (χ1v) is 14.9. The quantitative estimate of drug-likeness (QED) is 0.390. The van der Waals surface area contributed by atoms with Gasteiger partial charge in [0.2, 0.25) is 5.91 Å². The van der Waals surface area contributed by atoms with E-state index in [9.17, 15) is 9.59 Å². The first kappa shape index (κ1) is 28.5. The molecule has 0 spiro atoms. The minimum atomic E-state index is -1.50. The molecule has 0 radical (unpaired) electrons. The number of fused-ring (bicyclic) bond motifs is 1. The molecule has 0 bridgehead atoms. The van der Waals surface area contributed by atoms with Gasteiger partial charge in [0.25, 0.3) is 0 Å². The number of piperidine rings is 2. The number of carbonyl (C=O) groups is 2. The largest absolute Gasteiger partial charge is 0.361 e. The molecule has 7 nitrogen and oxygen atoms in total. The first-order valence-electron chi connectivity index (χ1n) is 14.9. The van der Waals surface area contributed by atoms with Crippen molar-refractivity contribution in [2.75, 3.05) is 26.2 Å². The summed E-state index contributed by atoms with van der Waals surface area (Å²) < 4.78 is 0. The summed E-state index contributed by atoms with van der Waals surface area (Å²) in [5.41, 5.74) is 12.0. The highest BCUT2D eigenvalue weighted by atomic mass is 16.2. The maximum Gasteiger partial charge on any atom is 0.240 e. The maximum absolute atomic E-state index is 14.2. The highest BCUT2D eigenvalue weighted by Crippen LogP contribution is 2.35. The van der Waals surface area contributed by atoms with Gasteiger partial charge in [0.05, 0.1) is 0 Å². The number of Topliss-reactive ketones (excluding diaryl/α,β-unsaturated/α-hetero) is 1. The fraction of sp³-hybridized carbons (Fsp3) is 0.515. The van der Waals surface area contributed by atoms with E-state index in [0.29, 0.717) is 18.2 Å². The molecule has 2 aromatic carbocycles. The van der Waals surface area contributed by atoms with Crippen molar-refractivity contribution in [3.63, 3.8) is 0 Å². The van der Waals surface area contributed by atoms with Crippen molar-refractivity contribution in [1.29, 1.82) is 0 Å². The number of nitrogens with one attached hydrogen (secondary N) is 2. The third-order valence-corrected chi connectivity index (χ3v) is 9.52. The standard InChI is InChI=1S/C33H45N5O2/c1-22-18-26(19-23(2)24(22)3)20-36-32(40)31(38-16-12-27(13-17-38)37-14-8-5-9-15-37)33(34,25(4)39)29-21-35-30-11-7-6-10-28(29)30/h6-7,10-11,18-19,21,27,31,35H,5,8-9,12-17,20,34H2,1-4H3,(H,36,40). The summed E-state index contributed by atoms with van der Waals surface area (Å²) in [4.78, 5) is 35.8. The Labute approximate surface area is 238 Å². The fourth-order valence-electron chi connectivity index (χ4n) is 6.91. The number of hydrogen-bond acceptors (Lipinski definition) is 5. The van der Waals surface area contributed by atoms with Crippen LogP contribution in [0, 0.1) is 20.8 Å². The SMILES string of the molecule is CC(=O)C(N)(c1c[nH]c2ccccc12)C(C(=O)NCc1cc(C)c(C)c(C)c1)N1CCC(N2CCCCC2)CC1. The number of ketones is 1. The number of hydrogen-bond donors (Lipinski definition) is 3. The smallest absolute Gasteiger partial charge is 0.240 e. The van der Waals surface area contributed by atoms with E-state index in [4.69, 9.17) is 5.73 Å². The Morgan fingerprint density at radius 3 is 2.33 bits per heavy atom. The van der Waals surface area contributed by atoms with Gasteiger partial charge in [-0.05, 0) is 94.8 Å². The van der Waals surface area contributed by atoms with Crippen LogP contribution in [0.2, 0.25) is 0 Å². The monoisotopic (exact) mass is 543 g/mol. The molecule has 1 aromatic heterocycles. The van der Waals surface area contributed by atoms with Crippen molar-refractivity contribution in [1.82, 2.24) is 20.1 Å². The highest BCUT2D eigenvalue weighted by Gasteiger charge is 2.50. The Bertz CT molecular complexity index is 1340. The molecule has 2 saturated heterocycles. The molecule has 3 heterocycles. The number of H-pyrrole nitrogens is 1. The highest BCUT2D eigenvalue weighted by molar-refractivity contribution is 6.00. The second-order valence-corrected chi connectivity index (χ2v) is 12.0. The lowest BCUT2D eigenvalue weighted by Crippen LogP contribution is -2.67. The number of aromatic amines is 1. The van der Waals surface area contributed by atoms with Gasteiger partial charge >= 0.3 is 0 Å². The Morgan fingerprint density at radius 2 is 1.68 bits per heavy atom. The second-order valence-electron chi connectivity index (χ2n) is 12.0. The van der Waals surface area contributed by atoms with Gasteiger partial charge in [-0.25, -0.2) is 0 Å². The second kappa shape index (κ2) is 11.9. The van der Waals surface area contributed by atoms with Crippen molar-refractivity contribution >= 4 is 22.6 Å². The molecule has 2 aliphatic heterocycles. The van der Waals surface area contributed by atoms with E-state index in [2.05, 4.69) is 53.0 Å². The van der Waals surface area contributed by atoms with E-state index in [1.54, 1.807) is 0 Å². The Balaban J connectivity index is 1.46. The summed E-state index contributed by atoms with van der Waals surface area (Å²) >= 11 is 0. The zero-order valence-corrected chi connectivity index (χ0v) is 24.6. The van der Waals surface area contributed by atoms with Crippen molar-refractivity contribution in [2.24, 2.45) is 5.73 Å². The molecule has 1 amide bonds. The molecule has 2 fully saturated rings. The molecule has 0 saturated carbocycles. The van der Waals surface area contributed by atoms with Crippen LogP contribution in [0.1, 0.15) is 66.8 Å². The number of nitrogens with zero attached hydrogens (tertiary/aromatic N) is 2. The summed E-state index contributed by atoms with van der Waals surface area (Å²) in [6, 6.07) is 11.8. The average molecular weight is 544 g/mol. The molecule has 2 unspecified atom stereocenters. The van der Waals surface area contributed by atoms with E-state index < -0.39 is 11.6 Å². The van der Waals surface area contributed by atoms with E-state index in [1.807, 2.05) is 30.5 Å². The van der Waals surface area contributed by atoms with E-state index in [-0.39, 0.29) is 11.7 Å². The molecule has 0 aliphatic carbocycles. The third-order valence-electron chi connectivity index (χ3n) is 9.52. The lowest BCUT2D eigenvalue weighted by Gasteiger charge is -2.46. The van der Waals surface area contributed by atoms with Gasteiger partial charge in [-0.3, -0.25) is 14.5 Å². The molecular formula is C33H45N5O2. The predicted octanol–water partition coefficient (Wildman–Crippen LogP) is 4.47. The van der Waals surface area contributed by atoms with Crippen molar-refractivity contribution in [3.8, 4) is 0 Å². The summed E-state index contributed by atoms with van der Waals surface area (Å²) in [5, 5.41) is 4.06. The topological polar surface area (TPSA) is 94.5 Å². The van der Waals surface area contributed by atoms with Gasteiger partial charge in [0, 0.05) is 48.3 Å². The van der Waals surface area contributed by atoms with Gasteiger partial charge in [-0.1, -0.05) is 36.8 Å². The third kappa shape index (κ3) is 5.47. The maximum atomic E-state index is 14.2. The minimum Gasteiger partial charge on any atom is -0.361 e. The number of aromatic nitrogens is 1. The number of benzene rings is 2. The van der Waals surface area contributed by atoms with Gasteiger partial charge in [-0.2, -0.15) is 0 Å². The lowest BCUT2D eigenvalue weighted by atomic mass is 9.78. The number of aryl methyl sites for hydroxylation is 2. The van der Waals surface area contributed by atoms with Crippen LogP contribution < -0.4 is 11.1 Å². The van der Waals surface area contributed by atoms with E-state index >= 15 is 0 Å². The van der Waals surface area contributed by atoms with E-state index in [0.717, 1.165) is 55.5 Å². The van der Waals surface area contributed by atoms with Gasteiger partial charge in [0.1, 0.15) is 11.6 Å².